The second-order valence-electron chi connectivity index (χ2n) is 3.90. The monoisotopic (exact) mass is 324 g/mol. The first-order valence-corrected chi connectivity index (χ1v) is 6.57. The molecule has 2 nitrogen and oxygen atoms in total. The Bertz CT molecular complexity index is 506. The van der Waals surface area contributed by atoms with E-state index in [9.17, 15) is 17.6 Å². The fourth-order valence-corrected chi connectivity index (χ4v) is 1.42. The minimum atomic E-state index is -4.38. The van der Waals surface area contributed by atoms with Gasteiger partial charge in [-0.3, -0.25) is 0 Å². The number of halogens is 5. The second-order valence-corrected chi connectivity index (χ2v) is 4.28. The molecular formula is C14H13ClF4O2. The summed E-state index contributed by atoms with van der Waals surface area (Å²) < 4.78 is 58.3. The minimum Gasteiger partial charge on any atom is -0.490 e. The van der Waals surface area contributed by atoms with Gasteiger partial charge in [0, 0.05) is 18.4 Å². The zero-order valence-corrected chi connectivity index (χ0v) is 11.7. The molecule has 0 aromatic heterocycles. The van der Waals surface area contributed by atoms with Gasteiger partial charge in [-0.2, -0.15) is 13.2 Å². The summed E-state index contributed by atoms with van der Waals surface area (Å²) in [5.41, 5.74) is 0.442. The molecule has 0 N–H and O–H groups in total. The van der Waals surface area contributed by atoms with Crippen molar-refractivity contribution in [2.45, 2.75) is 12.6 Å². The zero-order valence-electron chi connectivity index (χ0n) is 11.0. The van der Waals surface area contributed by atoms with Gasteiger partial charge in [0.05, 0.1) is 12.2 Å². The van der Waals surface area contributed by atoms with Crippen molar-refractivity contribution < 1.29 is 27.0 Å². The van der Waals surface area contributed by atoms with Gasteiger partial charge in [0.25, 0.3) is 0 Å². The van der Waals surface area contributed by atoms with E-state index in [1.165, 1.54) is 12.1 Å². The Hall–Kier alpha value is -1.45. The second kappa shape index (κ2) is 8.75. The fraction of sp³-hybridized carbons (Fsp3) is 0.429. The van der Waals surface area contributed by atoms with Crippen molar-refractivity contribution in [3.63, 3.8) is 0 Å². The molecule has 1 rings (SSSR count). The molecule has 0 atom stereocenters. The first-order chi connectivity index (χ1) is 9.92. The maximum Gasteiger partial charge on any atom is 0.411 e. The molecule has 0 fully saturated rings. The molecule has 0 spiro atoms. The lowest BCUT2D eigenvalue weighted by atomic mass is 10.2. The molecule has 0 saturated carbocycles. The van der Waals surface area contributed by atoms with Gasteiger partial charge >= 0.3 is 6.18 Å². The third-order valence-electron chi connectivity index (χ3n) is 2.14. The van der Waals surface area contributed by atoms with Gasteiger partial charge in [-0.05, 0) is 12.1 Å². The summed E-state index contributed by atoms with van der Waals surface area (Å²) in [6, 6.07) is 3.77. The van der Waals surface area contributed by atoms with Crippen LogP contribution >= 0.6 is 11.6 Å². The highest BCUT2D eigenvalue weighted by molar-refractivity contribution is 6.18. The van der Waals surface area contributed by atoms with E-state index >= 15 is 0 Å². The van der Waals surface area contributed by atoms with E-state index in [1.54, 1.807) is 0 Å². The number of hydrogen-bond donors (Lipinski definition) is 0. The first kappa shape index (κ1) is 17.6. The van der Waals surface area contributed by atoms with Crippen molar-refractivity contribution in [3.8, 4) is 17.6 Å². The van der Waals surface area contributed by atoms with Crippen LogP contribution in [-0.2, 0) is 4.74 Å². The Kier molecular flexibility index (Phi) is 7.34. The average Bonchev–Trinajstić information content (AvgIpc) is 2.39. The van der Waals surface area contributed by atoms with Crippen LogP contribution in [0.1, 0.15) is 12.0 Å². The van der Waals surface area contributed by atoms with Crippen LogP contribution in [0.3, 0.4) is 0 Å². The summed E-state index contributed by atoms with van der Waals surface area (Å²) in [6.07, 6.45) is -3.91. The van der Waals surface area contributed by atoms with Gasteiger partial charge < -0.3 is 9.47 Å². The molecule has 1 aromatic rings. The van der Waals surface area contributed by atoms with E-state index in [1.807, 2.05) is 0 Å². The molecule has 0 aliphatic heterocycles. The summed E-state index contributed by atoms with van der Waals surface area (Å²) >= 11 is 5.49. The molecular weight excluding hydrogens is 312 g/mol. The molecule has 0 heterocycles. The molecule has 21 heavy (non-hydrogen) atoms. The molecule has 0 unspecified atom stereocenters. The Morgan fingerprint density at radius 2 is 1.95 bits per heavy atom. The average molecular weight is 325 g/mol. The summed E-state index contributed by atoms with van der Waals surface area (Å²) in [5, 5.41) is 0. The summed E-state index contributed by atoms with van der Waals surface area (Å²) in [6.45, 7) is -1.74. The van der Waals surface area contributed by atoms with Crippen molar-refractivity contribution in [2.75, 3.05) is 25.7 Å². The molecule has 0 bridgehead atoms. The molecule has 0 radical (unpaired) electrons. The number of ether oxygens (including phenoxy) is 2. The van der Waals surface area contributed by atoms with E-state index in [4.69, 9.17) is 16.3 Å². The van der Waals surface area contributed by atoms with Gasteiger partial charge in [0.15, 0.2) is 0 Å². The van der Waals surface area contributed by atoms with E-state index in [-0.39, 0.29) is 19.0 Å². The highest BCUT2D eigenvalue weighted by Crippen LogP contribution is 2.19. The standard InChI is InChI=1S/C14H13ClF4O2/c15-6-2-1-3-11-4-5-12(16)9-13(11)21-8-7-20-10-14(17,18)19/h4-5,9H,2,6-8,10H2. The maximum absolute atomic E-state index is 13.1. The van der Waals surface area contributed by atoms with Crippen molar-refractivity contribution >= 4 is 11.6 Å². The van der Waals surface area contributed by atoms with Crippen LogP contribution in [0.4, 0.5) is 17.6 Å². The number of hydrogen-bond acceptors (Lipinski definition) is 2. The van der Waals surface area contributed by atoms with E-state index < -0.39 is 18.6 Å². The van der Waals surface area contributed by atoms with Crippen LogP contribution in [0, 0.1) is 17.7 Å². The highest BCUT2D eigenvalue weighted by Gasteiger charge is 2.27. The summed E-state index contributed by atoms with van der Waals surface area (Å²) in [7, 11) is 0. The number of rotatable bonds is 6. The molecule has 7 heteroatoms. The third kappa shape index (κ3) is 7.78. The SMILES string of the molecule is Fc1ccc(C#CCCCl)c(OCCOCC(F)(F)F)c1. The van der Waals surface area contributed by atoms with Gasteiger partial charge in [0.2, 0.25) is 0 Å². The molecule has 0 saturated heterocycles. The molecule has 0 aliphatic rings. The zero-order chi connectivity index (χ0) is 15.7. The van der Waals surface area contributed by atoms with Crippen molar-refractivity contribution in [2.24, 2.45) is 0 Å². The first-order valence-electron chi connectivity index (χ1n) is 6.04. The Balaban J connectivity index is 2.53. The Morgan fingerprint density at radius 3 is 2.62 bits per heavy atom. The van der Waals surface area contributed by atoms with E-state index in [0.29, 0.717) is 17.9 Å². The molecule has 116 valence electrons. The molecule has 1 aromatic carbocycles. The largest absolute Gasteiger partial charge is 0.490 e. The molecule has 0 aliphatic carbocycles. The van der Waals surface area contributed by atoms with Crippen LogP contribution in [-0.4, -0.2) is 31.9 Å². The highest BCUT2D eigenvalue weighted by atomic mass is 35.5. The predicted octanol–water partition coefficient (Wildman–Crippen LogP) is 3.76. The van der Waals surface area contributed by atoms with Crippen molar-refractivity contribution in [1.29, 1.82) is 0 Å². The lowest BCUT2D eigenvalue weighted by molar-refractivity contribution is -0.175. The smallest absolute Gasteiger partial charge is 0.411 e. The fourth-order valence-electron chi connectivity index (χ4n) is 1.32. The van der Waals surface area contributed by atoms with Gasteiger partial charge in [-0.15, -0.1) is 11.6 Å². The van der Waals surface area contributed by atoms with E-state index in [2.05, 4.69) is 16.6 Å². The van der Waals surface area contributed by atoms with Crippen LogP contribution < -0.4 is 4.74 Å². The van der Waals surface area contributed by atoms with Gasteiger partial charge in [-0.25, -0.2) is 4.39 Å². The van der Waals surface area contributed by atoms with E-state index in [0.717, 1.165) is 6.07 Å². The number of alkyl halides is 4. The lowest BCUT2D eigenvalue weighted by Gasteiger charge is -2.10. The van der Waals surface area contributed by atoms with Gasteiger partial charge in [0.1, 0.15) is 24.8 Å². The topological polar surface area (TPSA) is 18.5 Å². The Morgan fingerprint density at radius 1 is 1.19 bits per heavy atom. The molecule has 0 amide bonds. The number of benzene rings is 1. The van der Waals surface area contributed by atoms with Crippen LogP contribution in [0.2, 0.25) is 0 Å². The van der Waals surface area contributed by atoms with Crippen molar-refractivity contribution in [1.82, 2.24) is 0 Å². The van der Waals surface area contributed by atoms with Crippen LogP contribution in [0.15, 0.2) is 18.2 Å². The minimum absolute atomic E-state index is 0.135. The maximum atomic E-state index is 13.1. The Labute approximate surface area is 125 Å². The van der Waals surface area contributed by atoms with Gasteiger partial charge in [-0.1, -0.05) is 11.8 Å². The van der Waals surface area contributed by atoms with Crippen LogP contribution in [0.5, 0.6) is 5.75 Å². The lowest BCUT2D eigenvalue weighted by Crippen LogP contribution is -2.19. The quantitative estimate of drug-likeness (QED) is 0.343. The normalized spacial score (nSPS) is 10.9. The van der Waals surface area contributed by atoms with Crippen molar-refractivity contribution in [3.05, 3.63) is 29.6 Å². The predicted molar refractivity (Wildman–Crippen MR) is 71.0 cm³/mol. The van der Waals surface area contributed by atoms with Crippen LogP contribution in [0.25, 0.3) is 0 Å². The summed E-state index contributed by atoms with van der Waals surface area (Å²) in [5.74, 6) is 5.53. The third-order valence-corrected chi connectivity index (χ3v) is 2.33. The summed E-state index contributed by atoms with van der Waals surface area (Å²) in [4.78, 5) is 0.